The summed E-state index contributed by atoms with van der Waals surface area (Å²) < 4.78 is 28.2. The third-order valence-electron chi connectivity index (χ3n) is 7.80. The molecule has 2 amide bonds. The highest BCUT2D eigenvalue weighted by Crippen LogP contribution is 2.40. The van der Waals surface area contributed by atoms with Gasteiger partial charge in [0.15, 0.2) is 11.6 Å². The second kappa shape index (κ2) is 12.9. The van der Waals surface area contributed by atoms with Gasteiger partial charge in [0.2, 0.25) is 11.8 Å². The minimum atomic E-state index is -0.405. The topological polar surface area (TPSA) is 110 Å². The lowest BCUT2D eigenvalue weighted by Crippen LogP contribution is -2.19. The zero-order valence-corrected chi connectivity index (χ0v) is 23.5. The summed E-state index contributed by atoms with van der Waals surface area (Å²) in [4.78, 5) is 24.9. The molecular weight excluding hydrogens is 538 g/mol. The quantitative estimate of drug-likeness (QED) is 0.270. The molecule has 2 aromatic heterocycles. The van der Waals surface area contributed by atoms with E-state index >= 15 is 0 Å². The van der Waals surface area contributed by atoms with Crippen molar-refractivity contribution in [1.29, 1.82) is 0 Å². The highest BCUT2D eigenvalue weighted by molar-refractivity contribution is 5.92. The lowest BCUT2D eigenvalue weighted by Gasteiger charge is -2.28. The molecule has 2 unspecified atom stereocenters. The van der Waals surface area contributed by atoms with Crippen LogP contribution in [-0.2, 0) is 22.4 Å². The molecule has 8 nitrogen and oxygen atoms in total. The largest absolute Gasteiger partial charge is 0.309 e. The number of amides is 2. The first kappa shape index (κ1) is 28.9. The van der Waals surface area contributed by atoms with Crippen LogP contribution in [0.3, 0.4) is 0 Å². The van der Waals surface area contributed by atoms with Gasteiger partial charge in [0.1, 0.15) is 11.6 Å². The molecule has 2 heterocycles. The van der Waals surface area contributed by atoms with Crippen LogP contribution in [0.2, 0.25) is 0 Å². The molecule has 216 valence electrons. The Hall–Kier alpha value is -4.60. The Morgan fingerprint density at radius 2 is 1.14 bits per heavy atom. The van der Waals surface area contributed by atoms with E-state index in [1.54, 1.807) is 50.2 Å². The van der Waals surface area contributed by atoms with Gasteiger partial charge >= 0.3 is 0 Å². The summed E-state index contributed by atoms with van der Waals surface area (Å²) in [5.74, 6) is -0.543. The van der Waals surface area contributed by atoms with Gasteiger partial charge in [0, 0.05) is 23.0 Å². The number of aryl methyl sites for hydroxylation is 2. The predicted molar refractivity (Wildman–Crippen MR) is 155 cm³/mol. The number of anilines is 2. The number of nitrogens with zero attached hydrogens (tertiary/aromatic N) is 4. The molecule has 42 heavy (non-hydrogen) atoms. The summed E-state index contributed by atoms with van der Waals surface area (Å²) >= 11 is 0. The van der Waals surface area contributed by atoms with Gasteiger partial charge in [-0.3, -0.25) is 9.59 Å². The van der Waals surface area contributed by atoms with Gasteiger partial charge in [0.05, 0.1) is 24.2 Å². The van der Waals surface area contributed by atoms with E-state index in [0.717, 1.165) is 48.2 Å². The molecule has 5 rings (SSSR count). The number of carbonyl (C=O) groups excluding carboxylic acids is 2. The molecule has 0 spiro atoms. The summed E-state index contributed by atoms with van der Waals surface area (Å²) in [5, 5.41) is 22.5. The molecule has 0 saturated heterocycles. The van der Waals surface area contributed by atoms with Crippen LogP contribution in [0, 0.1) is 25.5 Å². The number of hydrogen-bond acceptors (Lipinski definition) is 6. The normalized spacial score (nSPS) is 16.6. The number of carbonyl (C=O) groups is 2. The fourth-order valence-electron chi connectivity index (χ4n) is 5.46. The highest BCUT2D eigenvalue weighted by atomic mass is 19.1. The maximum atomic E-state index is 14.1. The van der Waals surface area contributed by atoms with Crippen LogP contribution in [-0.4, -0.2) is 32.2 Å². The van der Waals surface area contributed by atoms with E-state index in [0.29, 0.717) is 22.8 Å². The molecule has 0 bridgehead atoms. The van der Waals surface area contributed by atoms with Crippen molar-refractivity contribution in [1.82, 2.24) is 20.4 Å². The number of aromatic nitrogens is 4. The maximum Gasteiger partial charge on any atom is 0.230 e. The van der Waals surface area contributed by atoms with Crippen molar-refractivity contribution < 1.29 is 18.4 Å². The van der Waals surface area contributed by atoms with Crippen LogP contribution in [0.1, 0.15) is 71.2 Å². The van der Waals surface area contributed by atoms with Crippen molar-refractivity contribution in [2.75, 3.05) is 10.6 Å². The van der Waals surface area contributed by atoms with Gasteiger partial charge in [-0.15, -0.1) is 10.2 Å². The minimum absolute atomic E-state index is 0.0823. The minimum Gasteiger partial charge on any atom is -0.309 e. The maximum absolute atomic E-state index is 14.1. The standard InChI is InChI=1S/C32H32F2N6O2/c1-19-6-3-10-25(33)23(19)17-31(41)35-29-14-12-27(37-39-29)21-8-5-9-22(16-21)28-13-15-30(40-38-28)36-32(42)18-24-20(2)7-4-11-26(24)34/h3-4,6-7,10-15,21-22H,5,8-9,16-18H2,1-2H3,(H,35,39,41)(H,36,40,42). The van der Waals surface area contributed by atoms with Crippen LogP contribution in [0.25, 0.3) is 0 Å². The van der Waals surface area contributed by atoms with Crippen LogP contribution in [0.5, 0.6) is 0 Å². The second-order valence-corrected chi connectivity index (χ2v) is 10.8. The predicted octanol–water partition coefficient (Wildman–Crippen LogP) is 5.97. The van der Waals surface area contributed by atoms with Gasteiger partial charge in [-0.2, -0.15) is 10.2 Å². The molecule has 2 atom stereocenters. The van der Waals surface area contributed by atoms with Crippen molar-refractivity contribution in [3.63, 3.8) is 0 Å². The molecule has 1 fully saturated rings. The number of hydrogen-bond donors (Lipinski definition) is 2. The van der Waals surface area contributed by atoms with Gasteiger partial charge in [-0.1, -0.05) is 30.7 Å². The van der Waals surface area contributed by atoms with E-state index in [2.05, 4.69) is 31.0 Å². The Labute approximate surface area is 243 Å². The van der Waals surface area contributed by atoms with E-state index in [-0.39, 0.29) is 36.5 Å². The lowest BCUT2D eigenvalue weighted by atomic mass is 9.78. The first-order valence-electron chi connectivity index (χ1n) is 14.0. The van der Waals surface area contributed by atoms with E-state index in [4.69, 9.17) is 0 Å². The van der Waals surface area contributed by atoms with Gasteiger partial charge in [-0.05, 0) is 80.6 Å². The Morgan fingerprint density at radius 3 is 1.52 bits per heavy atom. The molecule has 2 aromatic carbocycles. The molecular formula is C32H32F2N6O2. The molecule has 1 saturated carbocycles. The van der Waals surface area contributed by atoms with Gasteiger partial charge < -0.3 is 10.6 Å². The van der Waals surface area contributed by atoms with Crippen LogP contribution < -0.4 is 10.6 Å². The van der Waals surface area contributed by atoms with Gasteiger partial charge in [-0.25, -0.2) is 8.78 Å². The first-order chi connectivity index (χ1) is 20.3. The molecule has 1 aliphatic rings. The zero-order valence-electron chi connectivity index (χ0n) is 23.5. The summed E-state index contributed by atoms with van der Waals surface area (Å²) in [6, 6.07) is 16.6. The Bertz CT molecular complexity index is 1420. The molecule has 10 heteroatoms. The molecule has 4 aromatic rings. The first-order valence-corrected chi connectivity index (χ1v) is 14.0. The third kappa shape index (κ3) is 6.99. The Balaban J connectivity index is 1.16. The fraction of sp³-hybridized carbons (Fsp3) is 0.312. The van der Waals surface area contributed by atoms with E-state index in [9.17, 15) is 18.4 Å². The summed E-state index contributed by atoms with van der Waals surface area (Å²) in [6.45, 7) is 3.54. The van der Waals surface area contributed by atoms with Gasteiger partial charge in [0.25, 0.3) is 0 Å². The zero-order chi connectivity index (χ0) is 29.6. The summed E-state index contributed by atoms with van der Waals surface area (Å²) in [7, 11) is 0. The van der Waals surface area contributed by atoms with Crippen molar-refractivity contribution in [3.8, 4) is 0 Å². The molecule has 0 radical (unpaired) electrons. The Kier molecular flexibility index (Phi) is 8.90. The fourth-order valence-corrected chi connectivity index (χ4v) is 5.46. The SMILES string of the molecule is Cc1cccc(F)c1CC(=O)Nc1ccc(C2CCCC(c3ccc(NC(=O)Cc4c(C)cccc4F)nn3)C2)nn1. The van der Waals surface area contributed by atoms with E-state index in [1.165, 1.54) is 12.1 Å². The van der Waals surface area contributed by atoms with Crippen molar-refractivity contribution >= 4 is 23.5 Å². The molecule has 2 N–H and O–H groups in total. The van der Waals surface area contributed by atoms with Crippen LogP contribution in [0.15, 0.2) is 60.7 Å². The van der Waals surface area contributed by atoms with Crippen LogP contribution in [0.4, 0.5) is 20.4 Å². The molecule has 0 aliphatic heterocycles. The smallest absolute Gasteiger partial charge is 0.230 e. The molecule has 1 aliphatic carbocycles. The van der Waals surface area contributed by atoms with E-state index < -0.39 is 11.6 Å². The van der Waals surface area contributed by atoms with Crippen molar-refractivity contribution in [2.24, 2.45) is 0 Å². The second-order valence-electron chi connectivity index (χ2n) is 10.8. The number of nitrogens with one attached hydrogen (secondary N) is 2. The average molecular weight is 571 g/mol. The van der Waals surface area contributed by atoms with Crippen molar-refractivity contribution in [3.05, 3.63) is 106 Å². The lowest BCUT2D eigenvalue weighted by molar-refractivity contribution is -0.116. The van der Waals surface area contributed by atoms with Crippen molar-refractivity contribution in [2.45, 2.75) is 64.2 Å². The Morgan fingerprint density at radius 1 is 0.690 bits per heavy atom. The number of rotatable bonds is 8. The summed E-state index contributed by atoms with van der Waals surface area (Å²) in [5.41, 5.74) is 3.84. The highest BCUT2D eigenvalue weighted by Gasteiger charge is 2.27. The monoisotopic (exact) mass is 570 g/mol. The third-order valence-corrected chi connectivity index (χ3v) is 7.80. The van der Waals surface area contributed by atoms with Crippen LogP contribution >= 0.6 is 0 Å². The summed E-state index contributed by atoms with van der Waals surface area (Å²) in [6.07, 6.45) is 3.56. The average Bonchev–Trinajstić information content (AvgIpc) is 2.98. The number of halogens is 2. The number of benzene rings is 2. The van der Waals surface area contributed by atoms with E-state index in [1.807, 2.05) is 12.1 Å².